The summed E-state index contributed by atoms with van der Waals surface area (Å²) >= 11 is 0. The molecule has 22 heavy (non-hydrogen) atoms. The number of benzene rings is 1. The van der Waals surface area contributed by atoms with Gasteiger partial charge >= 0.3 is 0 Å². The number of nitrogens with zero attached hydrogens (tertiary/aromatic N) is 1. The van der Waals surface area contributed by atoms with Crippen molar-refractivity contribution in [2.24, 2.45) is 0 Å². The standard InChI is InChI=1S/C16H15N3O3/c1-7-4-9-12(11-6-18-19-16(11)17)13-10(5-8(2)21-13)14(20-3)15(9)22-7/h4-6H,1-3H3,(H3,17,18,19). The number of H-pyrrole nitrogens is 1. The number of anilines is 1. The number of hydrogen-bond acceptors (Lipinski definition) is 5. The highest BCUT2D eigenvalue weighted by atomic mass is 16.5. The van der Waals surface area contributed by atoms with Crippen LogP contribution in [0.25, 0.3) is 33.1 Å². The first kappa shape index (κ1) is 12.8. The molecule has 0 saturated carbocycles. The third-order valence-corrected chi connectivity index (χ3v) is 3.80. The lowest BCUT2D eigenvalue weighted by Crippen LogP contribution is -1.90. The summed E-state index contributed by atoms with van der Waals surface area (Å²) in [7, 11) is 1.63. The van der Waals surface area contributed by atoms with Crippen LogP contribution in [0.5, 0.6) is 5.75 Å². The van der Waals surface area contributed by atoms with Crippen molar-refractivity contribution in [2.45, 2.75) is 13.8 Å². The van der Waals surface area contributed by atoms with Crippen LogP contribution in [0.4, 0.5) is 5.82 Å². The molecule has 6 nitrogen and oxygen atoms in total. The molecule has 3 heterocycles. The molecule has 0 fully saturated rings. The van der Waals surface area contributed by atoms with E-state index in [4.69, 9.17) is 19.3 Å². The number of aromatic nitrogens is 2. The third-order valence-electron chi connectivity index (χ3n) is 3.80. The fraction of sp³-hybridized carbons (Fsp3) is 0.188. The molecular weight excluding hydrogens is 282 g/mol. The van der Waals surface area contributed by atoms with Crippen molar-refractivity contribution in [3.05, 3.63) is 29.9 Å². The highest BCUT2D eigenvalue weighted by Crippen LogP contribution is 2.46. The van der Waals surface area contributed by atoms with Crippen molar-refractivity contribution in [2.75, 3.05) is 12.8 Å². The third kappa shape index (κ3) is 1.57. The van der Waals surface area contributed by atoms with Crippen molar-refractivity contribution >= 4 is 27.8 Å². The maximum absolute atomic E-state index is 6.02. The van der Waals surface area contributed by atoms with Crippen LogP contribution in [0.2, 0.25) is 0 Å². The maximum Gasteiger partial charge on any atom is 0.177 e. The largest absolute Gasteiger partial charge is 0.492 e. The molecule has 4 rings (SSSR count). The van der Waals surface area contributed by atoms with Crippen molar-refractivity contribution in [1.82, 2.24) is 10.2 Å². The number of aryl methyl sites for hydroxylation is 2. The molecule has 0 aliphatic heterocycles. The van der Waals surface area contributed by atoms with Crippen LogP contribution in [0, 0.1) is 13.8 Å². The number of aromatic amines is 1. The second-order valence-corrected chi connectivity index (χ2v) is 5.31. The molecule has 6 heteroatoms. The Labute approximate surface area is 125 Å². The van der Waals surface area contributed by atoms with E-state index in [1.54, 1.807) is 13.3 Å². The van der Waals surface area contributed by atoms with Gasteiger partial charge in [-0.1, -0.05) is 0 Å². The molecule has 1 aromatic carbocycles. The van der Waals surface area contributed by atoms with E-state index in [1.807, 2.05) is 26.0 Å². The molecule has 0 spiro atoms. The zero-order valence-corrected chi connectivity index (χ0v) is 12.5. The van der Waals surface area contributed by atoms with Crippen LogP contribution in [0.1, 0.15) is 11.5 Å². The first-order chi connectivity index (χ1) is 10.6. The number of hydrogen-bond donors (Lipinski definition) is 2. The lowest BCUT2D eigenvalue weighted by molar-refractivity contribution is 0.413. The van der Waals surface area contributed by atoms with E-state index in [0.29, 0.717) is 17.2 Å². The van der Waals surface area contributed by atoms with E-state index >= 15 is 0 Å². The van der Waals surface area contributed by atoms with Gasteiger partial charge in [-0.05, 0) is 26.0 Å². The average molecular weight is 297 g/mol. The second kappa shape index (κ2) is 4.30. The Morgan fingerprint density at radius 1 is 1.09 bits per heavy atom. The molecule has 4 aromatic rings. The van der Waals surface area contributed by atoms with E-state index in [0.717, 1.165) is 39.0 Å². The minimum absolute atomic E-state index is 0.487. The number of methoxy groups -OCH3 is 1. The van der Waals surface area contributed by atoms with Gasteiger partial charge in [0.15, 0.2) is 11.3 Å². The Balaban J connectivity index is 2.28. The molecule has 0 amide bonds. The molecule has 3 N–H and O–H groups in total. The molecule has 0 saturated heterocycles. The number of nitrogens with two attached hydrogens (primary N) is 1. The summed E-state index contributed by atoms with van der Waals surface area (Å²) in [6.45, 7) is 3.80. The molecule has 0 atom stereocenters. The number of nitrogens with one attached hydrogen (secondary N) is 1. The lowest BCUT2D eigenvalue weighted by Gasteiger charge is -2.07. The first-order valence-corrected chi connectivity index (χ1v) is 6.89. The Morgan fingerprint density at radius 2 is 1.77 bits per heavy atom. The van der Waals surface area contributed by atoms with Gasteiger partial charge < -0.3 is 19.3 Å². The summed E-state index contributed by atoms with van der Waals surface area (Å²) in [6, 6.07) is 3.89. The van der Waals surface area contributed by atoms with Crippen molar-refractivity contribution in [3.8, 4) is 16.9 Å². The van der Waals surface area contributed by atoms with E-state index < -0.39 is 0 Å². The Kier molecular flexibility index (Phi) is 2.51. The summed E-state index contributed by atoms with van der Waals surface area (Å²) < 4.78 is 17.3. The fourth-order valence-corrected chi connectivity index (χ4v) is 2.95. The maximum atomic E-state index is 6.02. The summed E-state index contributed by atoms with van der Waals surface area (Å²) in [6.07, 6.45) is 1.69. The summed E-state index contributed by atoms with van der Waals surface area (Å²) in [4.78, 5) is 0. The summed E-state index contributed by atoms with van der Waals surface area (Å²) in [5.74, 6) is 2.74. The van der Waals surface area contributed by atoms with Gasteiger partial charge in [0.25, 0.3) is 0 Å². The van der Waals surface area contributed by atoms with Gasteiger partial charge in [-0.25, -0.2) is 0 Å². The van der Waals surface area contributed by atoms with Crippen molar-refractivity contribution in [3.63, 3.8) is 0 Å². The van der Waals surface area contributed by atoms with Crippen molar-refractivity contribution in [1.29, 1.82) is 0 Å². The lowest BCUT2D eigenvalue weighted by atomic mass is 10.0. The highest BCUT2D eigenvalue weighted by molar-refractivity contribution is 6.14. The second-order valence-electron chi connectivity index (χ2n) is 5.31. The SMILES string of the molecule is COc1c2cc(C)oc2c(-c2cn[nH]c2N)c2cc(C)oc12. The van der Waals surface area contributed by atoms with Gasteiger partial charge in [-0.15, -0.1) is 0 Å². The number of rotatable bonds is 2. The minimum Gasteiger partial charge on any atom is -0.492 e. The Morgan fingerprint density at radius 3 is 2.41 bits per heavy atom. The molecule has 0 aliphatic rings. The van der Waals surface area contributed by atoms with Crippen molar-refractivity contribution < 1.29 is 13.6 Å². The van der Waals surface area contributed by atoms with Crippen LogP contribution >= 0.6 is 0 Å². The Hall–Kier alpha value is -2.89. The van der Waals surface area contributed by atoms with E-state index in [-0.39, 0.29) is 0 Å². The zero-order valence-electron chi connectivity index (χ0n) is 12.5. The van der Waals surface area contributed by atoms with Crippen LogP contribution in [-0.2, 0) is 0 Å². The van der Waals surface area contributed by atoms with Gasteiger partial charge in [0.05, 0.1) is 18.7 Å². The quantitative estimate of drug-likeness (QED) is 0.587. The Bertz CT molecular complexity index is 949. The first-order valence-electron chi connectivity index (χ1n) is 6.89. The molecule has 0 radical (unpaired) electrons. The highest BCUT2D eigenvalue weighted by Gasteiger charge is 2.24. The molecule has 3 aromatic heterocycles. The number of furan rings is 2. The molecule has 0 bridgehead atoms. The summed E-state index contributed by atoms with van der Waals surface area (Å²) in [5, 5.41) is 8.53. The fourth-order valence-electron chi connectivity index (χ4n) is 2.95. The minimum atomic E-state index is 0.487. The van der Waals surface area contributed by atoms with Gasteiger partial charge in [0, 0.05) is 16.5 Å². The predicted molar refractivity (Wildman–Crippen MR) is 84.0 cm³/mol. The number of fused-ring (bicyclic) bond motifs is 2. The van der Waals surface area contributed by atoms with E-state index in [2.05, 4.69) is 10.2 Å². The van der Waals surface area contributed by atoms with Gasteiger partial charge in [-0.2, -0.15) is 5.10 Å². The molecule has 0 unspecified atom stereocenters. The number of nitrogen functional groups attached to an aromatic ring is 1. The van der Waals surface area contributed by atoms with Crippen LogP contribution in [-0.4, -0.2) is 17.3 Å². The van der Waals surface area contributed by atoms with Gasteiger partial charge in [0.1, 0.15) is 22.9 Å². The summed E-state index contributed by atoms with van der Waals surface area (Å²) in [5.41, 5.74) is 9.07. The van der Waals surface area contributed by atoms with Crippen LogP contribution < -0.4 is 10.5 Å². The van der Waals surface area contributed by atoms with Crippen LogP contribution in [0.3, 0.4) is 0 Å². The van der Waals surface area contributed by atoms with E-state index in [1.165, 1.54) is 0 Å². The van der Waals surface area contributed by atoms with Gasteiger partial charge in [-0.3, -0.25) is 5.10 Å². The normalized spacial score (nSPS) is 11.6. The molecular formula is C16H15N3O3. The monoisotopic (exact) mass is 297 g/mol. The smallest absolute Gasteiger partial charge is 0.177 e. The van der Waals surface area contributed by atoms with Gasteiger partial charge in [0.2, 0.25) is 0 Å². The zero-order chi connectivity index (χ0) is 15.4. The predicted octanol–water partition coefficient (Wildman–Crippen LogP) is 3.78. The van der Waals surface area contributed by atoms with E-state index in [9.17, 15) is 0 Å². The molecule has 112 valence electrons. The number of ether oxygens (including phenoxy) is 1. The average Bonchev–Trinajstić information content (AvgIpc) is 3.14. The topological polar surface area (TPSA) is 90.2 Å². The van der Waals surface area contributed by atoms with Crippen LogP contribution in [0.15, 0.2) is 27.2 Å². The molecule has 0 aliphatic carbocycles.